The topological polar surface area (TPSA) is 66.6 Å². The van der Waals surface area contributed by atoms with Crippen molar-refractivity contribution >= 4 is 5.91 Å². The van der Waals surface area contributed by atoms with Crippen LogP contribution in [0.15, 0.2) is 0 Å². The molecule has 0 aromatic rings. The van der Waals surface area contributed by atoms with Gasteiger partial charge in [-0.3, -0.25) is 4.79 Å². The van der Waals surface area contributed by atoms with Gasteiger partial charge in [0.25, 0.3) is 0 Å². The molecule has 104 valence electrons. The van der Waals surface area contributed by atoms with Crippen LogP contribution in [0.4, 0.5) is 0 Å². The van der Waals surface area contributed by atoms with Crippen molar-refractivity contribution in [2.75, 3.05) is 19.7 Å². The highest BCUT2D eigenvalue weighted by Crippen LogP contribution is 2.39. The average Bonchev–Trinajstić information content (AvgIpc) is 2.87. The molecule has 1 aliphatic heterocycles. The molecule has 18 heavy (non-hydrogen) atoms. The third kappa shape index (κ3) is 2.54. The maximum Gasteiger partial charge on any atom is 0.230 e. The number of hydrogen-bond acceptors (Lipinski definition) is 3. The zero-order chi connectivity index (χ0) is 13.0. The number of nitrogens with zero attached hydrogens (tertiary/aromatic N) is 1. The van der Waals surface area contributed by atoms with E-state index in [1.165, 1.54) is 6.42 Å². The first-order valence-electron chi connectivity index (χ1n) is 7.35. The minimum absolute atomic E-state index is 0.171. The van der Waals surface area contributed by atoms with Gasteiger partial charge < -0.3 is 15.7 Å². The third-order valence-electron chi connectivity index (χ3n) is 4.76. The van der Waals surface area contributed by atoms with Crippen molar-refractivity contribution in [3.8, 4) is 0 Å². The van der Waals surface area contributed by atoms with Gasteiger partial charge in [-0.15, -0.1) is 0 Å². The molecule has 0 radical (unpaired) electrons. The predicted octanol–water partition coefficient (Wildman–Crippen LogP) is 1.27. The molecular weight excluding hydrogens is 228 g/mol. The number of hydrogen-bond donors (Lipinski definition) is 2. The standard InChI is InChI=1S/C14H26N2O2/c15-11-14(7-2-1-3-8-14)13(18)16-9-4-5-12(16)6-10-17/h12,17H,1-11,15H2. The molecule has 1 saturated carbocycles. The highest BCUT2D eigenvalue weighted by Gasteiger charge is 2.43. The lowest BCUT2D eigenvalue weighted by atomic mass is 9.73. The number of rotatable bonds is 4. The van der Waals surface area contributed by atoms with Gasteiger partial charge in [0, 0.05) is 25.7 Å². The Morgan fingerprint density at radius 1 is 1.28 bits per heavy atom. The monoisotopic (exact) mass is 254 g/mol. The zero-order valence-corrected chi connectivity index (χ0v) is 11.2. The molecule has 2 fully saturated rings. The fraction of sp³-hybridized carbons (Fsp3) is 0.929. The number of nitrogens with two attached hydrogens (primary N) is 1. The summed E-state index contributed by atoms with van der Waals surface area (Å²) in [7, 11) is 0. The lowest BCUT2D eigenvalue weighted by molar-refractivity contribution is -0.144. The molecule has 3 N–H and O–H groups in total. The Morgan fingerprint density at radius 3 is 2.61 bits per heavy atom. The van der Waals surface area contributed by atoms with Crippen molar-refractivity contribution in [1.29, 1.82) is 0 Å². The van der Waals surface area contributed by atoms with E-state index in [1.54, 1.807) is 0 Å². The quantitative estimate of drug-likeness (QED) is 0.794. The number of carbonyl (C=O) groups excluding carboxylic acids is 1. The van der Waals surface area contributed by atoms with Crippen LogP contribution in [0.2, 0.25) is 0 Å². The first-order chi connectivity index (χ1) is 8.73. The molecule has 0 spiro atoms. The number of amides is 1. The summed E-state index contributed by atoms with van der Waals surface area (Å²) >= 11 is 0. The van der Waals surface area contributed by atoms with Crippen molar-refractivity contribution in [3.63, 3.8) is 0 Å². The number of carbonyl (C=O) groups is 1. The molecule has 4 nitrogen and oxygen atoms in total. The second-order valence-electron chi connectivity index (χ2n) is 5.85. The first kappa shape index (κ1) is 13.8. The largest absolute Gasteiger partial charge is 0.396 e. The minimum atomic E-state index is -0.295. The lowest BCUT2D eigenvalue weighted by Gasteiger charge is -2.39. The smallest absolute Gasteiger partial charge is 0.230 e. The van der Waals surface area contributed by atoms with E-state index in [0.29, 0.717) is 13.0 Å². The molecular formula is C14H26N2O2. The van der Waals surface area contributed by atoms with Crippen LogP contribution in [0.5, 0.6) is 0 Å². The molecule has 1 saturated heterocycles. The van der Waals surface area contributed by atoms with E-state index in [9.17, 15) is 4.79 Å². The lowest BCUT2D eigenvalue weighted by Crippen LogP contribution is -2.50. The van der Waals surface area contributed by atoms with E-state index in [2.05, 4.69) is 0 Å². The Kier molecular flexibility index (Phi) is 4.62. The van der Waals surface area contributed by atoms with E-state index in [0.717, 1.165) is 45.1 Å². The summed E-state index contributed by atoms with van der Waals surface area (Å²) in [6.07, 6.45) is 8.20. The van der Waals surface area contributed by atoms with Crippen LogP contribution in [0.1, 0.15) is 51.4 Å². The summed E-state index contributed by atoms with van der Waals surface area (Å²) in [5.41, 5.74) is 5.63. The molecule has 1 unspecified atom stereocenters. The summed E-state index contributed by atoms with van der Waals surface area (Å²) in [4.78, 5) is 14.8. The molecule has 0 aromatic heterocycles. The Balaban J connectivity index is 2.08. The Morgan fingerprint density at radius 2 is 2.00 bits per heavy atom. The Labute approximate surface area is 110 Å². The van der Waals surface area contributed by atoms with Crippen LogP contribution < -0.4 is 5.73 Å². The molecule has 1 amide bonds. The van der Waals surface area contributed by atoms with E-state index >= 15 is 0 Å². The van der Waals surface area contributed by atoms with Gasteiger partial charge in [-0.1, -0.05) is 19.3 Å². The van der Waals surface area contributed by atoms with Crippen LogP contribution in [0.25, 0.3) is 0 Å². The van der Waals surface area contributed by atoms with Gasteiger partial charge in [0.2, 0.25) is 5.91 Å². The summed E-state index contributed by atoms with van der Waals surface area (Å²) in [6, 6.07) is 0.243. The van der Waals surface area contributed by atoms with Gasteiger partial charge in [-0.05, 0) is 32.1 Å². The van der Waals surface area contributed by atoms with E-state index in [-0.39, 0.29) is 24.0 Å². The highest BCUT2D eigenvalue weighted by atomic mass is 16.3. The van der Waals surface area contributed by atoms with Gasteiger partial charge in [-0.2, -0.15) is 0 Å². The Bertz CT molecular complexity index is 288. The first-order valence-corrected chi connectivity index (χ1v) is 7.35. The van der Waals surface area contributed by atoms with E-state index in [4.69, 9.17) is 10.8 Å². The molecule has 0 aromatic carbocycles. The van der Waals surface area contributed by atoms with Gasteiger partial charge in [0.15, 0.2) is 0 Å². The summed E-state index contributed by atoms with van der Waals surface area (Å²) in [5, 5.41) is 9.10. The molecule has 2 rings (SSSR count). The minimum Gasteiger partial charge on any atom is -0.396 e. The van der Waals surface area contributed by atoms with Gasteiger partial charge in [-0.25, -0.2) is 0 Å². The van der Waals surface area contributed by atoms with Crippen LogP contribution in [-0.2, 0) is 4.79 Å². The number of aliphatic hydroxyl groups excluding tert-OH is 1. The van der Waals surface area contributed by atoms with Gasteiger partial charge in [0.1, 0.15) is 0 Å². The Hall–Kier alpha value is -0.610. The van der Waals surface area contributed by atoms with Crippen molar-refractivity contribution in [3.05, 3.63) is 0 Å². The van der Waals surface area contributed by atoms with Crippen LogP contribution in [0.3, 0.4) is 0 Å². The van der Waals surface area contributed by atoms with Crippen LogP contribution >= 0.6 is 0 Å². The van der Waals surface area contributed by atoms with Gasteiger partial charge in [0.05, 0.1) is 5.41 Å². The predicted molar refractivity (Wildman–Crippen MR) is 71.0 cm³/mol. The second kappa shape index (κ2) is 6.02. The zero-order valence-electron chi connectivity index (χ0n) is 11.2. The fourth-order valence-electron chi connectivity index (χ4n) is 3.59. The molecule has 0 bridgehead atoms. The van der Waals surface area contributed by atoms with Crippen LogP contribution in [-0.4, -0.2) is 41.7 Å². The summed E-state index contributed by atoms with van der Waals surface area (Å²) in [6.45, 7) is 1.50. The molecule has 1 aliphatic carbocycles. The average molecular weight is 254 g/mol. The molecule has 2 aliphatic rings. The van der Waals surface area contributed by atoms with Crippen molar-refractivity contribution in [2.45, 2.75) is 57.4 Å². The van der Waals surface area contributed by atoms with E-state index < -0.39 is 0 Å². The van der Waals surface area contributed by atoms with Gasteiger partial charge >= 0.3 is 0 Å². The van der Waals surface area contributed by atoms with E-state index in [1.807, 2.05) is 4.90 Å². The fourth-order valence-corrected chi connectivity index (χ4v) is 3.59. The summed E-state index contributed by atoms with van der Waals surface area (Å²) < 4.78 is 0. The highest BCUT2D eigenvalue weighted by molar-refractivity contribution is 5.83. The second-order valence-corrected chi connectivity index (χ2v) is 5.85. The maximum atomic E-state index is 12.8. The molecule has 1 heterocycles. The number of likely N-dealkylation sites (tertiary alicyclic amines) is 1. The molecule has 4 heteroatoms. The van der Waals surface area contributed by atoms with Crippen molar-refractivity contribution in [2.24, 2.45) is 11.1 Å². The normalized spacial score (nSPS) is 27.4. The van der Waals surface area contributed by atoms with Crippen molar-refractivity contribution < 1.29 is 9.90 Å². The molecule has 1 atom stereocenters. The number of aliphatic hydroxyl groups is 1. The summed E-state index contributed by atoms with van der Waals surface area (Å²) in [5.74, 6) is 0.264. The SMILES string of the molecule is NCC1(C(=O)N2CCCC2CCO)CCCCC1. The maximum absolute atomic E-state index is 12.8. The third-order valence-corrected chi connectivity index (χ3v) is 4.76. The van der Waals surface area contributed by atoms with Crippen molar-refractivity contribution in [1.82, 2.24) is 4.90 Å². The van der Waals surface area contributed by atoms with Crippen LogP contribution in [0, 0.1) is 5.41 Å².